The summed E-state index contributed by atoms with van der Waals surface area (Å²) in [4.78, 5) is 15.6. The minimum Gasteiger partial charge on any atom is -0.444 e. The van der Waals surface area contributed by atoms with Crippen LogP contribution >= 0.6 is 0 Å². The molecule has 5 nitrogen and oxygen atoms in total. The molecule has 1 saturated heterocycles. The van der Waals surface area contributed by atoms with Gasteiger partial charge in [0.05, 0.1) is 12.6 Å². The molecule has 94 valence electrons. The summed E-state index contributed by atoms with van der Waals surface area (Å²) >= 11 is 0. The molecule has 0 aromatic rings. The Hall–Kier alpha value is -0.810. The summed E-state index contributed by atoms with van der Waals surface area (Å²) in [5.74, 6) is 0. The van der Waals surface area contributed by atoms with E-state index in [1.54, 1.807) is 4.90 Å². The van der Waals surface area contributed by atoms with Gasteiger partial charge in [-0.3, -0.25) is 0 Å². The predicted octanol–water partition coefficient (Wildman–Crippen LogP) is 0.530. The van der Waals surface area contributed by atoms with Crippen LogP contribution in [-0.2, 0) is 4.74 Å². The van der Waals surface area contributed by atoms with Gasteiger partial charge < -0.3 is 19.6 Å². The van der Waals surface area contributed by atoms with Crippen molar-refractivity contribution in [3.63, 3.8) is 0 Å². The first-order chi connectivity index (χ1) is 7.33. The number of carbonyl (C=O) groups excluding carboxylic acids is 1. The van der Waals surface area contributed by atoms with Gasteiger partial charge >= 0.3 is 6.09 Å². The number of carbonyl (C=O) groups is 1. The van der Waals surface area contributed by atoms with Gasteiger partial charge in [0.25, 0.3) is 0 Å². The van der Waals surface area contributed by atoms with E-state index in [1.807, 2.05) is 27.8 Å². The van der Waals surface area contributed by atoms with Crippen LogP contribution < -0.4 is 0 Å². The van der Waals surface area contributed by atoms with Gasteiger partial charge in [-0.25, -0.2) is 4.79 Å². The number of aliphatic hydroxyl groups is 1. The van der Waals surface area contributed by atoms with Gasteiger partial charge in [-0.15, -0.1) is 0 Å². The van der Waals surface area contributed by atoms with Crippen LogP contribution in [0.2, 0.25) is 0 Å². The lowest BCUT2D eigenvalue weighted by molar-refractivity contribution is -0.00808. The summed E-state index contributed by atoms with van der Waals surface area (Å²) in [5, 5.41) is 9.25. The Morgan fingerprint density at radius 3 is 2.56 bits per heavy atom. The first-order valence-electron chi connectivity index (χ1n) is 5.62. The maximum atomic E-state index is 11.9. The third kappa shape index (κ3) is 3.64. The van der Waals surface area contributed by atoms with Crippen molar-refractivity contribution in [3.05, 3.63) is 0 Å². The van der Waals surface area contributed by atoms with E-state index >= 15 is 0 Å². The SMILES string of the molecule is CN1CCN(C(=O)OC(C)(C)C)[C@@H](CO)C1. The number of ether oxygens (including phenoxy) is 1. The monoisotopic (exact) mass is 230 g/mol. The normalized spacial score (nSPS) is 23.3. The average Bonchev–Trinajstić information content (AvgIpc) is 2.14. The summed E-state index contributed by atoms with van der Waals surface area (Å²) in [6, 6.07) is -0.159. The summed E-state index contributed by atoms with van der Waals surface area (Å²) < 4.78 is 5.30. The Morgan fingerprint density at radius 2 is 2.06 bits per heavy atom. The molecule has 0 unspecified atom stereocenters. The molecule has 0 aromatic carbocycles. The molecule has 0 bridgehead atoms. The lowest BCUT2D eigenvalue weighted by atomic mass is 10.2. The minimum absolute atomic E-state index is 0.0242. The highest BCUT2D eigenvalue weighted by molar-refractivity contribution is 5.68. The molecular weight excluding hydrogens is 208 g/mol. The van der Waals surface area contributed by atoms with Gasteiger partial charge in [-0.2, -0.15) is 0 Å². The highest BCUT2D eigenvalue weighted by Gasteiger charge is 2.31. The number of piperazine rings is 1. The number of nitrogens with zero attached hydrogens (tertiary/aromatic N) is 2. The van der Waals surface area contributed by atoms with E-state index in [0.717, 1.165) is 6.54 Å². The standard InChI is InChI=1S/C11H22N2O3/c1-11(2,3)16-10(15)13-6-5-12(4)7-9(13)8-14/h9,14H,5-8H2,1-4H3/t9-/m1/s1. The number of hydrogen-bond acceptors (Lipinski definition) is 4. The number of amides is 1. The fraction of sp³-hybridized carbons (Fsp3) is 0.909. The van der Waals surface area contributed by atoms with E-state index in [2.05, 4.69) is 4.90 Å². The molecule has 0 saturated carbocycles. The molecule has 0 radical (unpaired) electrons. The molecule has 1 rings (SSSR count). The van der Waals surface area contributed by atoms with Crippen molar-refractivity contribution >= 4 is 6.09 Å². The van der Waals surface area contributed by atoms with Crippen LogP contribution in [0.5, 0.6) is 0 Å². The Kier molecular flexibility index (Phi) is 4.15. The largest absolute Gasteiger partial charge is 0.444 e. The maximum absolute atomic E-state index is 11.9. The summed E-state index contributed by atoms with van der Waals surface area (Å²) in [7, 11) is 1.98. The van der Waals surface area contributed by atoms with E-state index in [9.17, 15) is 9.90 Å². The summed E-state index contributed by atoms with van der Waals surface area (Å²) in [5.41, 5.74) is -0.486. The zero-order valence-electron chi connectivity index (χ0n) is 10.6. The summed E-state index contributed by atoms with van der Waals surface area (Å²) in [6.07, 6.45) is -0.334. The van der Waals surface area contributed by atoms with Crippen molar-refractivity contribution in [1.29, 1.82) is 0 Å². The van der Waals surface area contributed by atoms with Crippen molar-refractivity contribution in [2.75, 3.05) is 33.3 Å². The number of rotatable bonds is 1. The second-order valence-electron chi connectivity index (χ2n) is 5.27. The van der Waals surface area contributed by atoms with E-state index in [4.69, 9.17) is 4.74 Å². The molecule has 0 spiro atoms. The Morgan fingerprint density at radius 1 is 1.44 bits per heavy atom. The Balaban J connectivity index is 2.60. The van der Waals surface area contributed by atoms with Crippen LogP contribution in [0.15, 0.2) is 0 Å². The third-order valence-corrected chi connectivity index (χ3v) is 2.52. The van der Waals surface area contributed by atoms with Crippen LogP contribution in [0.25, 0.3) is 0 Å². The van der Waals surface area contributed by atoms with Gasteiger partial charge in [0.2, 0.25) is 0 Å². The van der Waals surface area contributed by atoms with E-state index in [1.165, 1.54) is 0 Å². The zero-order valence-corrected chi connectivity index (χ0v) is 10.6. The van der Waals surface area contributed by atoms with Crippen molar-refractivity contribution in [1.82, 2.24) is 9.80 Å². The Bertz CT molecular complexity index is 250. The van der Waals surface area contributed by atoms with Crippen LogP contribution in [0, 0.1) is 0 Å². The predicted molar refractivity (Wildman–Crippen MR) is 61.3 cm³/mol. The van der Waals surface area contributed by atoms with Crippen molar-refractivity contribution in [2.45, 2.75) is 32.4 Å². The molecule has 1 N–H and O–H groups in total. The number of likely N-dealkylation sites (N-methyl/N-ethyl adjacent to an activating group) is 1. The molecule has 1 atom stereocenters. The lowest BCUT2D eigenvalue weighted by Crippen LogP contribution is -2.56. The molecule has 1 fully saturated rings. The maximum Gasteiger partial charge on any atom is 0.410 e. The smallest absolute Gasteiger partial charge is 0.410 e. The fourth-order valence-corrected chi connectivity index (χ4v) is 1.73. The lowest BCUT2D eigenvalue weighted by Gasteiger charge is -2.39. The molecule has 16 heavy (non-hydrogen) atoms. The van der Waals surface area contributed by atoms with Crippen LogP contribution in [-0.4, -0.2) is 65.9 Å². The van der Waals surface area contributed by atoms with Crippen LogP contribution in [0.4, 0.5) is 4.79 Å². The second kappa shape index (κ2) is 5.01. The second-order valence-corrected chi connectivity index (χ2v) is 5.27. The molecule has 0 aliphatic carbocycles. The molecular formula is C11H22N2O3. The molecule has 1 aliphatic heterocycles. The number of hydrogen-bond donors (Lipinski definition) is 1. The van der Waals surface area contributed by atoms with E-state index < -0.39 is 5.60 Å². The number of aliphatic hydroxyl groups excluding tert-OH is 1. The van der Waals surface area contributed by atoms with Crippen LogP contribution in [0.1, 0.15) is 20.8 Å². The molecule has 1 aliphatic rings. The quantitative estimate of drug-likeness (QED) is 0.714. The molecule has 0 aromatic heterocycles. The first-order valence-corrected chi connectivity index (χ1v) is 5.62. The van der Waals surface area contributed by atoms with E-state index in [0.29, 0.717) is 13.1 Å². The van der Waals surface area contributed by atoms with Gasteiger partial charge in [-0.1, -0.05) is 0 Å². The van der Waals surface area contributed by atoms with Gasteiger partial charge in [-0.05, 0) is 27.8 Å². The van der Waals surface area contributed by atoms with Crippen molar-refractivity contribution < 1.29 is 14.6 Å². The molecule has 1 amide bonds. The minimum atomic E-state index is -0.486. The van der Waals surface area contributed by atoms with Gasteiger partial charge in [0.1, 0.15) is 5.60 Å². The van der Waals surface area contributed by atoms with Crippen LogP contribution in [0.3, 0.4) is 0 Å². The topological polar surface area (TPSA) is 53.0 Å². The first kappa shape index (κ1) is 13.3. The fourth-order valence-electron chi connectivity index (χ4n) is 1.73. The average molecular weight is 230 g/mol. The Labute approximate surface area is 97.0 Å². The molecule has 5 heteroatoms. The molecule has 1 heterocycles. The van der Waals surface area contributed by atoms with Crippen molar-refractivity contribution in [3.8, 4) is 0 Å². The highest BCUT2D eigenvalue weighted by Crippen LogP contribution is 2.14. The van der Waals surface area contributed by atoms with Gasteiger partial charge in [0.15, 0.2) is 0 Å². The highest BCUT2D eigenvalue weighted by atomic mass is 16.6. The van der Waals surface area contributed by atoms with Gasteiger partial charge in [0, 0.05) is 19.6 Å². The summed E-state index contributed by atoms with van der Waals surface area (Å²) in [6.45, 7) is 7.62. The van der Waals surface area contributed by atoms with E-state index in [-0.39, 0.29) is 18.7 Å². The zero-order chi connectivity index (χ0) is 12.3. The third-order valence-electron chi connectivity index (χ3n) is 2.52. The van der Waals surface area contributed by atoms with Crippen molar-refractivity contribution in [2.24, 2.45) is 0 Å².